The number of carbonyl (C=O) groups is 1. The molecule has 2 aromatic carbocycles. The zero-order valence-electron chi connectivity index (χ0n) is 19.0. The quantitative estimate of drug-likeness (QED) is 0.653. The fourth-order valence-electron chi connectivity index (χ4n) is 3.89. The van der Waals surface area contributed by atoms with E-state index in [1.165, 1.54) is 31.7 Å². The van der Waals surface area contributed by atoms with Crippen molar-refractivity contribution in [3.05, 3.63) is 41.0 Å². The molecule has 32 heavy (non-hydrogen) atoms. The molecule has 0 radical (unpaired) electrons. The van der Waals surface area contributed by atoms with E-state index in [9.17, 15) is 13.2 Å². The van der Waals surface area contributed by atoms with Gasteiger partial charge in [0.25, 0.3) is 5.91 Å². The van der Waals surface area contributed by atoms with Gasteiger partial charge >= 0.3 is 0 Å². The highest BCUT2D eigenvalue weighted by atomic mass is 32.2. The summed E-state index contributed by atoms with van der Waals surface area (Å²) in [5, 5.41) is 0. The maximum Gasteiger partial charge on any atom is 0.256 e. The summed E-state index contributed by atoms with van der Waals surface area (Å²) in [6, 6.07) is 6.78. The summed E-state index contributed by atoms with van der Waals surface area (Å²) in [5.74, 6) is 0.503. The Kier molecular flexibility index (Phi) is 6.85. The Morgan fingerprint density at radius 2 is 1.56 bits per heavy atom. The van der Waals surface area contributed by atoms with Crippen molar-refractivity contribution in [2.24, 2.45) is 0 Å². The van der Waals surface area contributed by atoms with Crippen molar-refractivity contribution in [1.82, 2.24) is 9.21 Å². The number of nitrogens with two attached hydrogens (primary N) is 1. The van der Waals surface area contributed by atoms with E-state index in [1.807, 2.05) is 13.0 Å². The highest BCUT2D eigenvalue weighted by molar-refractivity contribution is 7.89. The minimum atomic E-state index is -3.65. The summed E-state index contributed by atoms with van der Waals surface area (Å²) in [4.78, 5) is 15.1. The van der Waals surface area contributed by atoms with Gasteiger partial charge in [-0.15, -0.1) is 0 Å². The lowest BCUT2D eigenvalue weighted by molar-refractivity contribution is 0.0698. The summed E-state index contributed by atoms with van der Waals surface area (Å²) < 4.78 is 43.6. The zero-order valence-corrected chi connectivity index (χ0v) is 19.8. The fraction of sp³-hybridized carbons (Fsp3) is 0.409. The van der Waals surface area contributed by atoms with Crippen LogP contribution in [0, 0.1) is 13.8 Å². The SMILES string of the molecule is COc1cc(C(=O)N2CCN(S(=O)(=O)c3ccc(C)cc3C)CC2)c(N)c(OC)c1OC. The minimum Gasteiger partial charge on any atom is -0.493 e. The van der Waals surface area contributed by atoms with Gasteiger partial charge in [0.05, 0.1) is 37.5 Å². The Labute approximate surface area is 188 Å². The number of sulfonamides is 1. The molecule has 1 fully saturated rings. The van der Waals surface area contributed by atoms with E-state index in [0.29, 0.717) is 17.1 Å². The summed E-state index contributed by atoms with van der Waals surface area (Å²) in [5.41, 5.74) is 8.24. The number of nitrogen functional groups attached to an aromatic ring is 1. The van der Waals surface area contributed by atoms with E-state index >= 15 is 0 Å². The number of rotatable bonds is 6. The number of hydrogen-bond donors (Lipinski definition) is 1. The Hall–Kier alpha value is -2.98. The van der Waals surface area contributed by atoms with Crippen LogP contribution >= 0.6 is 0 Å². The second kappa shape index (κ2) is 9.25. The third-order valence-electron chi connectivity index (χ3n) is 5.57. The van der Waals surface area contributed by atoms with Crippen molar-refractivity contribution in [3.63, 3.8) is 0 Å². The number of nitrogens with zero attached hydrogens (tertiary/aromatic N) is 2. The van der Waals surface area contributed by atoms with Crippen LogP contribution in [0.15, 0.2) is 29.2 Å². The van der Waals surface area contributed by atoms with Gasteiger partial charge in [0, 0.05) is 26.2 Å². The topological polar surface area (TPSA) is 111 Å². The van der Waals surface area contributed by atoms with Gasteiger partial charge in [-0.3, -0.25) is 4.79 Å². The molecule has 2 aromatic rings. The van der Waals surface area contributed by atoms with Crippen LogP contribution in [0.25, 0.3) is 0 Å². The van der Waals surface area contributed by atoms with Gasteiger partial charge in [-0.05, 0) is 31.5 Å². The third-order valence-corrected chi connectivity index (χ3v) is 7.63. The number of ether oxygens (including phenoxy) is 3. The summed E-state index contributed by atoms with van der Waals surface area (Å²) in [6.07, 6.45) is 0. The van der Waals surface area contributed by atoms with Crippen LogP contribution in [0.5, 0.6) is 17.2 Å². The first kappa shape index (κ1) is 23.7. The van der Waals surface area contributed by atoms with Crippen molar-refractivity contribution in [2.75, 3.05) is 53.2 Å². The molecule has 0 atom stereocenters. The molecular weight excluding hydrogens is 434 g/mol. The van der Waals surface area contributed by atoms with Crippen LogP contribution in [0.3, 0.4) is 0 Å². The molecule has 0 bridgehead atoms. The molecule has 0 unspecified atom stereocenters. The average Bonchev–Trinajstić information content (AvgIpc) is 2.78. The summed E-state index contributed by atoms with van der Waals surface area (Å²) >= 11 is 0. The molecule has 0 aromatic heterocycles. The summed E-state index contributed by atoms with van der Waals surface area (Å²) in [7, 11) is 0.693. The molecule has 0 spiro atoms. The standard InChI is InChI=1S/C22H29N3O6S/c1-14-6-7-18(15(2)12-14)32(27,28)25-10-8-24(9-11-25)22(26)16-13-17(29-3)20(30-4)21(31-5)19(16)23/h6-7,12-13H,8-11,23H2,1-5H3. The normalized spacial score (nSPS) is 14.8. The highest BCUT2D eigenvalue weighted by Crippen LogP contribution is 2.44. The molecule has 9 nitrogen and oxygen atoms in total. The number of benzene rings is 2. The maximum atomic E-state index is 13.2. The van der Waals surface area contributed by atoms with Crippen LogP contribution in [-0.2, 0) is 10.0 Å². The smallest absolute Gasteiger partial charge is 0.256 e. The Morgan fingerprint density at radius 1 is 0.938 bits per heavy atom. The molecule has 174 valence electrons. The molecule has 10 heteroatoms. The summed E-state index contributed by atoms with van der Waals surface area (Å²) in [6.45, 7) is 4.55. The van der Waals surface area contributed by atoms with Crippen LogP contribution in [0.4, 0.5) is 5.69 Å². The number of carbonyl (C=O) groups excluding carboxylic acids is 1. The van der Waals surface area contributed by atoms with Crippen molar-refractivity contribution >= 4 is 21.6 Å². The molecule has 1 amide bonds. The molecule has 1 aliphatic rings. The largest absolute Gasteiger partial charge is 0.493 e. The average molecular weight is 464 g/mol. The number of aryl methyl sites for hydroxylation is 2. The highest BCUT2D eigenvalue weighted by Gasteiger charge is 2.33. The predicted octanol–water partition coefficient (Wildman–Crippen LogP) is 2.06. The number of piperazine rings is 1. The van der Waals surface area contributed by atoms with E-state index in [-0.39, 0.29) is 54.0 Å². The monoisotopic (exact) mass is 463 g/mol. The van der Waals surface area contributed by atoms with Crippen LogP contribution in [0.1, 0.15) is 21.5 Å². The Balaban J connectivity index is 1.82. The van der Waals surface area contributed by atoms with Crippen LogP contribution in [-0.4, -0.2) is 71.0 Å². The van der Waals surface area contributed by atoms with Crippen molar-refractivity contribution in [3.8, 4) is 17.2 Å². The van der Waals surface area contributed by atoms with E-state index < -0.39 is 10.0 Å². The molecule has 2 N–H and O–H groups in total. The fourth-order valence-corrected chi connectivity index (χ4v) is 5.51. The molecular formula is C22H29N3O6S. The van der Waals surface area contributed by atoms with E-state index in [1.54, 1.807) is 24.0 Å². The lowest BCUT2D eigenvalue weighted by Crippen LogP contribution is -2.50. The minimum absolute atomic E-state index is 0.139. The molecule has 1 saturated heterocycles. The number of methoxy groups -OCH3 is 3. The first-order valence-electron chi connectivity index (χ1n) is 10.1. The van der Waals surface area contributed by atoms with Gasteiger partial charge in [0.15, 0.2) is 11.5 Å². The van der Waals surface area contributed by atoms with Crippen molar-refractivity contribution in [1.29, 1.82) is 0 Å². The molecule has 1 aliphatic heterocycles. The molecule has 3 rings (SSSR count). The maximum absolute atomic E-state index is 13.2. The molecule has 1 heterocycles. The Morgan fingerprint density at radius 3 is 2.09 bits per heavy atom. The predicted molar refractivity (Wildman–Crippen MR) is 121 cm³/mol. The zero-order chi connectivity index (χ0) is 23.6. The molecule has 0 saturated carbocycles. The van der Waals surface area contributed by atoms with Gasteiger partial charge < -0.3 is 24.8 Å². The van der Waals surface area contributed by atoms with Gasteiger partial charge in [0.1, 0.15) is 0 Å². The van der Waals surface area contributed by atoms with Crippen molar-refractivity contribution < 1.29 is 27.4 Å². The first-order valence-corrected chi connectivity index (χ1v) is 11.5. The van der Waals surface area contributed by atoms with Gasteiger partial charge in [0.2, 0.25) is 15.8 Å². The van der Waals surface area contributed by atoms with Gasteiger partial charge in [-0.2, -0.15) is 4.31 Å². The number of anilines is 1. The number of hydrogen-bond acceptors (Lipinski definition) is 7. The van der Waals surface area contributed by atoms with Gasteiger partial charge in [-0.1, -0.05) is 17.7 Å². The third kappa shape index (κ3) is 4.20. The van der Waals surface area contributed by atoms with Crippen molar-refractivity contribution in [2.45, 2.75) is 18.7 Å². The first-order chi connectivity index (χ1) is 15.1. The Bertz CT molecular complexity index is 1120. The second-order valence-electron chi connectivity index (χ2n) is 7.57. The lowest BCUT2D eigenvalue weighted by Gasteiger charge is -2.34. The molecule has 0 aliphatic carbocycles. The van der Waals surface area contributed by atoms with E-state index in [2.05, 4.69) is 0 Å². The van der Waals surface area contributed by atoms with Gasteiger partial charge in [-0.25, -0.2) is 8.42 Å². The van der Waals surface area contributed by atoms with Crippen LogP contribution in [0.2, 0.25) is 0 Å². The lowest BCUT2D eigenvalue weighted by atomic mass is 10.1. The van der Waals surface area contributed by atoms with E-state index in [4.69, 9.17) is 19.9 Å². The second-order valence-corrected chi connectivity index (χ2v) is 9.48. The number of amides is 1. The van der Waals surface area contributed by atoms with E-state index in [0.717, 1.165) is 5.56 Å². The van der Waals surface area contributed by atoms with Crippen LogP contribution < -0.4 is 19.9 Å².